The van der Waals surface area contributed by atoms with Gasteiger partial charge in [-0.15, -0.1) is 0 Å². The third-order valence-corrected chi connectivity index (χ3v) is 6.56. The van der Waals surface area contributed by atoms with Crippen molar-refractivity contribution < 1.29 is 0 Å². The second kappa shape index (κ2) is 4.51. The highest BCUT2D eigenvalue weighted by Gasteiger charge is 2.50. The van der Waals surface area contributed by atoms with E-state index in [2.05, 4.69) is 23.4 Å². The molecule has 1 aromatic rings. The number of hydrogen-bond donors (Lipinski definition) is 1. The van der Waals surface area contributed by atoms with Gasteiger partial charge in [-0.1, -0.05) is 6.92 Å². The fourth-order valence-corrected chi connectivity index (χ4v) is 5.98. The molecule has 1 aromatic heterocycles. The van der Waals surface area contributed by atoms with Crippen LogP contribution < -0.4 is 5.73 Å². The van der Waals surface area contributed by atoms with Crippen LogP contribution in [0.1, 0.15) is 57.6 Å². The van der Waals surface area contributed by atoms with Crippen LogP contribution in [0, 0.1) is 29.6 Å². The first-order valence-corrected chi connectivity index (χ1v) is 8.47. The molecule has 110 valence electrons. The minimum atomic E-state index is 0.540. The lowest BCUT2D eigenvalue weighted by Gasteiger charge is -2.56. The summed E-state index contributed by atoms with van der Waals surface area (Å²) in [5, 5.41) is 0. The lowest BCUT2D eigenvalue weighted by atomic mass is 9.49. The molecule has 4 saturated carbocycles. The number of nitrogens with two attached hydrogens (primary N) is 1. The molecule has 0 spiro atoms. The highest BCUT2D eigenvalue weighted by Crippen LogP contribution is 2.59. The molecule has 1 atom stereocenters. The van der Waals surface area contributed by atoms with Crippen molar-refractivity contribution in [2.24, 2.45) is 29.6 Å². The molecule has 0 aromatic carbocycles. The van der Waals surface area contributed by atoms with E-state index in [1.807, 2.05) is 6.33 Å². The molecular formula is C17H27N3. The Morgan fingerprint density at radius 2 is 1.80 bits per heavy atom. The summed E-state index contributed by atoms with van der Waals surface area (Å²) >= 11 is 0. The zero-order valence-corrected chi connectivity index (χ0v) is 12.8. The van der Waals surface area contributed by atoms with Gasteiger partial charge in [-0.05, 0) is 68.6 Å². The summed E-state index contributed by atoms with van der Waals surface area (Å²) in [6.45, 7) is 5.44. The number of aryl methyl sites for hydroxylation is 1. The topological polar surface area (TPSA) is 43.8 Å². The SMILES string of the molecule is CCn1cnc(C(C)C2C3CC4CC(C3)CC2C4)c1N. The molecule has 4 fully saturated rings. The Labute approximate surface area is 122 Å². The van der Waals surface area contributed by atoms with Gasteiger partial charge in [0.2, 0.25) is 0 Å². The van der Waals surface area contributed by atoms with E-state index < -0.39 is 0 Å². The van der Waals surface area contributed by atoms with Gasteiger partial charge in [0.15, 0.2) is 0 Å². The van der Waals surface area contributed by atoms with Crippen LogP contribution in [-0.4, -0.2) is 9.55 Å². The monoisotopic (exact) mass is 273 g/mol. The van der Waals surface area contributed by atoms with Gasteiger partial charge >= 0.3 is 0 Å². The van der Waals surface area contributed by atoms with E-state index in [1.165, 1.54) is 37.8 Å². The molecule has 0 radical (unpaired) electrons. The Bertz CT molecular complexity index is 476. The average molecular weight is 273 g/mol. The minimum absolute atomic E-state index is 0.540. The van der Waals surface area contributed by atoms with Crippen LogP contribution >= 0.6 is 0 Å². The van der Waals surface area contributed by atoms with E-state index in [1.54, 1.807) is 0 Å². The summed E-state index contributed by atoms with van der Waals surface area (Å²) in [5.74, 6) is 6.29. The summed E-state index contributed by atoms with van der Waals surface area (Å²) in [5.41, 5.74) is 7.48. The zero-order valence-electron chi connectivity index (χ0n) is 12.8. The maximum absolute atomic E-state index is 6.31. The smallest absolute Gasteiger partial charge is 0.126 e. The van der Waals surface area contributed by atoms with E-state index in [4.69, 9.17) is 5.73 Å². The molecule has 1 heterocycles. The van der Waals surface area contributed by atoms with Crippen molar-refractivity contribution in [1.29, 1.82) is 0 Å². The zero-order chi connectivity index (χ0) is 13.9. The second-order valence-corrected chi connectivity index (χ2v) is 7.60. The van der Waals surface area contributed by atoms with Crippen molar-refractivity contribution in [1.82, 2.24) is 9.55 Å². The molecule has 4 bridgehead atoms. The molecule has 1 unspecified atom stereocenters. The fraction of sp³-hybridized carbons (Fsp3) is 0.824. The van der Waals surface area contributed by atoms with Crippen LogP contribution in [0.25, 0.3) is 0 Å². The molecule has 3 heteroatoms. The predicted octanol–water partition coefficient (Wildman–Crippen LogP) is 3.66. The lowest BCUT2D eigenvalue weighted by molar-refractivity contribution is -0.0459. The first kappa shape index (κ1) is 12.7. The Morgan fingerprint density at radius 3 is 2.30 bits per heavy atom. The van der Waals surface area contributed by atoms with Crippen molar-refractivity contribution in [3.8, 4) is 0 Å². The van der Waals surface area contributed by atoms with Crippen molar-refractivity contribution >= 4 is 5.82 Å². The van der Waals surface area contributed by atoms with Crippen molar-refractivity contribution in [3.63, 3.8) is 0 Å². The first-order valence-electron chi connectivity index (χ1n) is 8.47. The van der Waals surface area contributed by atoms with Crippen LogP contribution in [-0.2, 0) is 6.54 Å². The number of imidazole rings is 1. The van der Waals surface area contributed by atoms with Crippen LogP contribution in [0.15, 0.2) is 6.33 Å². The second-order valence-electron chi connectivity index (χ2n) is 7.60. The third kappa shape index (κ3) is 1.74. The third-order valence-electron chi connectivity index (χ3n) is 6.56. The summed E-state index contributed by atoms with van der Waals surface area (Å²) in [6.07, 6.45) is 9.39. The predicted molar refractivity (Wildman–Crippen MR) is 81.3 cm³/mol. The molecule has 4 aliphatic rings. The number of nitrogen functional groups attached to an aromatic ring is 1. The number of nitrogens with zero attached hydrogens (tertiary/aromatic N) is 2. The Kier molecular flexibility index (Phi) is 2.87. The van der Waals surface area contributed by atoms with Gasteiger partial charge in [-0.2, -0.15) is 0 Å². The summed E-state index contributed by atoms with van der Waals surface area (Å²) in [7, 11) is 0. The van der Waals surface area contributed by atoms with Crippen molar-refractivity contribution in [2.75, 3.05) is 5.73 Å². The molecule has 4 aliphatic carbocycles. The molecule has 2 N–H and O–H groups in total. The van der Waals surface area contributed by atoms with Crippen LogP contribution in [0.3, 0.4) is 0 Å². The van der Waals surface area contributed by atoms with Gasteiger partial charge in [0.05, 0.1) is 12.0 Å². The summed E-state index contributed by atoms with van der Waals surface area (Å²) < 4.78 is 2.09. The van der Waals surface area contributed by atoms with Crippen LogP contribution in [0.2, 0.25) is 0 Å². The Balaban J connectivity index is 1.62. The van der Waals surface area contributed by atoms with Gasteiger partial charge in [0.25, 0.3) is 0 Å². The number of rotatable bonds is 3. The van der Waals surface area contributed by atoms with Gasteiger partial charge in [-0.25, -0.2) is 4.98 Å². The largest absolute Gasteiger partial charge is 0.384 e. The van der Waals surface area contributed by atoms with Gasteiger partial charge in [0.1, 0.15) is 5.82 Å². The molecule has 3 nitrogen and oxygen atoms in total. The van der Waals surface area contributed by atoms with E-state index in [9.17, 15) is 0 Å². The Morgan fingerprint density at radius 1 is 1.20 bits per heavy atom. The number of aromatic nitrogens is 2. The molecule has 20 heavy (non-hydrogen) atoms. The van der Waals surface area contributed by atoms with Crippen LogP contribution in [0.5, 0.6) is 0 Å². The first-order chi connectivity index (χ1) is 9.67. The Hall–Kier alpha value is -0.990. The molecule has 0 aliphatic heterocycles. The fourth-order valence-electron chi connectivity index (χ4n) is 5.98. The molecule has 5 rings (SSSR count). The number of hydrogen-bond acceptors (Lipinski definition) is 2. The standard InChI is InChI=1S/C17H27N3/c1-3-20-9-19-16(17(20)18)10(2)15-13-5-11-4-12(7-13)8-14(15)6-11/h9-15H,3-8,18H2,1-2H3. The van der Waals surface area contributed by atoms with E-state index in [-0.39, 0.29) is 0 Å². The average Bonchev–Trinajstić information content (AvgIpc) is 2.78. The highest BCUT2D eigenvalue weighted by molar-refractivity contribution is 5.39. The molecular weight excluding hydrogens is 246 g/mol. The van der Waals surface area contributed by atoms with Crippen molar-refractivity contribution in [3.05, 3.63) is 12.0 Å². The number of anilines is 1. The van der Waals surface area contributed by atoms with Crippen LogP contribution in [0.4, 0.5) is 5.82 Å². The summed E-state index contributed by atoms with van der Waals surface area (Å²) in [6, 6.07) is 0. The maximum Gasteiger partial charge on any atom is 0.126 e. The highest BCUT2D eigenvalue weighted by atomic mass is 15.1. The lowest BCUT2D eigenvalue weighted by Crippen LogP contribution is -2.46. The van der Waals surface area contributed by atoms with E-state index in [0.717, 1.165) is 42.0 Å². The maximum atomic E-state index is 6.31. The molecule has 0 amide bonds. The van der Waals surface area contributed by atoms with Crippen molar-refractivity contribution in [2.45, 2.75) is 58.4 Å². The normalized spacial score (nSPS) is 40.2. The van der Waals surface area contributed by atoms with E-state index in [0.29, 0.717) is 5.92 Å². The van der Waals surface area contributed by atoms with Gasteiger partial charge < -0.3 is 10.3 Å². The summed E-state index contributed by atoms with van der Waals surface area (Å²) in [4.78, 5) is 4.66. The minimum Gasteiger partial charge on any atom is -0.384 e. The van der Waals surface area contributed by atoms with Gasteiger partial charge in [0, 0.05) is 12.5 Å². The van der Waals surface area contributed by atoms with Gasteiger partial charge in [-0.3, -0.25) is 0 Å². The van der Waals surface area contributed by atoms with E-state index >= 15 is 0 Å². The molecule has 0 saturated heterocycles. The quantitative estimate of drug-likeness (QED) is 0.913.